The van der Waals surface area contributed by atoms with Gasteiger partial charge in [0.05, 0.1) is 11.4 Å². The van der Waals surface area contributed by atoms with E-state index in [1.165, 1.54) is 28.6 Å². The zero-order valence-electron chi connectivity index (χ0n) is 14.6. The van der Waals surface area contributed by atoms with Crippen LogP contribution >= 0.6 is 11.3 Å². The van der Waals surface area contributed by atoms with Gasteiger partial charge in [-0.15, -0.1) is 21.5 Å². The molecule has 2 heterocycles. The lowest BCUT2D eigenvalue weighted by atomic mass is 10.1. The number of ketones is 1. The van der Waals surface area contributed by atoms with Crippen molar-refractivity contribution < 1.29 is 9.59 Å². The molecule has 1 aromatic carbocycles. The molecule has 0 aliphatic carbocycles. The molecule has 0 unspecified atom stereocenters. The summed E-state index contributed by atoms with van der Waals surface area (Å²) in [5, 5.41) is 15.0. The number of Topliss-reactive ketones (excluding diaryl/α,β-unsaturated/α-hetero) is 1. The van der Waals surface area contributed by atoms with E-state index in [0.29, 0.717) is 17.2 Å². The Kier molecular flexibility index (Phi) is 5.52. The summed E-state index contributed by atoms with van der Waals surface area (Å²) >= 11 is 1.36. The van der Waals surface area contributed by atoms with Crippen LogP contribution in [-0.2, 0) is 24.3 Å². The number of aryl methyl sites for hydroxylation is 1. The summed E-state index contributed by atoms with van der Waals surface area (Å²) in [5.74, 6) is 0.310. The highest BCUT2D eigenvalue weighted by Crippen LogP contribution is 2.18. The van der Waals surface area contributed by atoms with Crippen LogP contribution in [0.5, 0.6) is 0 Å². The Bertz CT molecular complexity index is 914. The van der Waals surface area contributed by atoms with Crippen LogP contribution in [0.4, 0.5) is 0 Å². The third kappa shape index (κ3) is 4.40. The van der Waals surface area contributed by atoms with Crippen molar-refractivity contribution in [2.24, 2.45) is 0 Å². The maximum absolute atomic E-state index is 12.4. The van der Waals surface area contributed by atoms with Crippen molar-refractivity contribution in [2.45, 2.75) is 33.4 Å². The zero-order valence-corrected chi connectivity index (χ0v) is 15.4. The number of rotatable bonds is 7. The molecule has 0 fully saturated rings. The normalized spacial score (nSPS) is 10.7. The minimum Gasteiger partial charge on any atom is -0.351 e. The summed E-state index contributed by atoms with van der Waals surface area (Å²) < 4.78 is 0. The number of carbonyl (C=O) groups excluding carboxylic acids is 2. The van der Waals surface area contributed by atoms with Crippen LogP contribution in [0, 0.1) is 0 Å². The molecular weight excluding hydrogens is 350 g/mol. The van der Waals surface area contributed by atoms with Gasteiger partial charge >= 0.3 is 0 Å². The Labute approximate surface area is 155 Å². The number of nitrogens with zero attached hydrogens (tertiary/aromatic N) is 4. The number of aromatic nitrogens is 4. The van der Waals surface area contributed by atoms with Gasteiger partial charge in [-0.1, -0.05) is 31.2 Å². The highest BCUT2D eigenvalue weighted by atomic mass is 32.1. The highest BCUT2D eigenvalue weighted by Gasteiger charge is 2.13. The molecule has 2 aromatic heterocycles. The zero-order chi connectivity index (χ0) is 18.5. The Balaban J connectivity index is 1.64. The summed E-state index contributed by atoms with van der Waals surface area (Å²) in [4.78, 5) is 26.2. The molecule has 0 saturated heterocycles. The lowest BCUT2D eigenvalue weighted by Crippen LogP contribution is -2.18. The molecule has 0 radical (unpaired) electrons. The van der Waals surface area contributed by atoms with Crippen LogP contribution in [0.25, 0.3) is 11.4 Å². The van der Waals surface area contributed by atoms with Crippen LogP contribution in [0.15, 0.2) is 36.4 Å². The van der Waals surface area contributed by atoms with Gasteiger partial charge in [-0.05, 0) is 29.3 Å². The van der Waals surface area contributed by atoms with Gasteiger partial charge in [-0.3, -0.25) is 9.59 Å². The van der Waals surface area contributed by atoms with E-state index < -0.39 is 0 Å². The Morgan fingerprint density at radius 1 is 1.15 bits per heavy atom. The topological polar surface area (TPSA) is 89.8 Å². The van der Waals surface area contributed by atoms with Crippen molar-refractivity contribution in [3.8, 4) is 11.4 Å². The number of thiophene rings is 1. The molecule has 134 valence electrons. The minimum absolute atomic E-state index is 0.0279. The van der Waals surface area contributed by atoms with Crippen LogP contribution in [0.2, 0.25) is 0 Å². The predicted octanol–water partition coefficient (Wildman–Crippen LogP) is 2.48. The number of tetrazole rings is 1. The number of hydrogen-bond acceptors (Lipinski definition) is 6. The van der Waals surface area contributed by atoms with E-state index >= 15 is 0 Å². The van der Waals surface area contributed by atoms with Crippen LogP contribution < -0.4 is 5.32 Å². The molecular formula is C18H19N5O2S. The Morgan fingerprint density at radius 2 is 1.92 bits per heavy atom. The van der Waals surface area contributed by atoms with Gasteiger partial charge in [-0.2, -0.15) is 4.80 Å². The van der Waals surface area contributed by atoms with Crippen molar-refractivity contribution in [2.75, 3.05) is 0 Å². The minimum atomic E-state index is -0.0995. The smallest absolute Gasteiger partial charge is 0.217 e. The lowest BCUT2D eigenvalue weighted by molar-refractivity contribution is -0.119. The van der Waals surface area contributed by atoms with Gasteiger partial charge in [0, 0.05) is 17.4 Å². The van der Waals surface area contributed by atoms with Crippen molar-refractivity contribution in [3.63, 3.8) is 0 Å². The first kappa shape index (κ1) is 17.9. The molecule has 3 rings (SSSR count). The monoisotopic (exact) mass is 369 g/mol. The van der Waals surface area contributed by atoms with Gasteiger partial charge in [0.15, 0.2) is 5.78 Å². The van der Waals surface area contributed by atoms with Crippen molar-refractivity contribution in [3.05, 3.63) is 51.7 Å². The Hall–Kier alpha value is -2.87. The number of carbonyl (C=O) groups is 2. The summed E-state index contributed by atoms with van der Waals surface area (Å²) in [6, 6.07) is 11.6. The lowest BCUT2D eigenvalue weighted by Gasteiger charge is -1.99. The standard InChI is InChI=1S/C18H19N5O2S/c1-3-13-4-6-14(7-5-13)18-20-22-23(21-18)11-16(25)17-9-8-15(26-17)10-19-12(2)24/h4-9H,3,10-11H2,1-2H3,(H,19,24). The molecule has 0 saturated carbocycles. The number of nitrogens with one attached hydrogen (secondary N) is 1. The number of amides is 1. The van der Waals surface area contributed by atoms with E-state index in [1.807, 2.05) is 30.3 Å². The summed E-state index contributed by atoms with van der Waals surface area (Å²) in [7, 11) is 0. The van der Waals surface area contributed by atoms with Crippen LogP contribution in [-0.4, -0.2) is 31.9 Å². The predicted molar refractivity (Wildman–Crippen MR) is 98.8 cm³/mol. The fourth-order valence-electron chi connectivity index (χ4n) is 2.36. The average molecular weight is 369 g/mol. The van der Waals surface area contributed by atoms with E-state index in [9.17, 15) is 9.59 Å². The van der Waals surface area contributed by atoms with E-state index in [0.717, 1.165) is 16.9 Å². The van der Waals surface area contributed by atoms with Gasteiger partial charge in [0.2, 0.25) is 11.7 Å². The first-order valence-corrected chi connectivity index (χ1v) is 9.10. The van der Waals surface area contributed by atoms with E-state index in [2.05, 4.69) is 27.7 Å². The third-order valence-corrected chi connectivity index (χ3v) is 4.93. The second-order valence-electron chi connectivity index (χ2n) is 5.79. The third-order valence-electron chi connectivity index (χ3n) is 3.81. The molecule has 1 N–H and O–H groups in total. The number of benzene rings is 1. The van der Waals surface area contributed by atoms with Crippen LogP contribution in [0.3, 0.4) is 0 Å². The van der Waals surface area contributed by atoms with Gasteiger partial charge in [0.1, 0.15) is 6.54 Å². The molecule has 8 heteroatoms. The van der Waals surface area contributed by atoms with Crippen molar-refractivity contribution >= 4 is 23.0 Å². The maximum Gasteiger partial charge on any atom is 0.217 e. The van der Waals surface area contributed by atoms with Crippen molar-refractivity contribution in [1.82, 2.24) is 25.5 Å². The highest BCUT2D eigenvalue weighted by molar-refractivity contribution is 7.14. The molecule has 1 amide bonds. The summed E-state index contributed by atoms with van der Waals surface area (Å²) in [6.07, 6.45) is 0.972. The first-order valence-electron chi connectivity index (χ1n) is 8.28. The fraction of sp³-hybridized carbons (Fsp3) is 0.278. The molecule has 7 nitrogen and oxygen atoms in total. The Morgan fingerprint density at radius 3 is 2.62 bits per heavy atom. The van der Waals surface area contributed by atoms with Crippen molar-refractivity contribution in [1.29, 1.82) is 0 Å². The van der Waals surface area contributed by atoms with Gasteiger partial charge in [-0.25, -0.2) is 0 Å². The molecule has 26 heavy (non-hydrogen) atoms. The number of hydrogen-bond donors (Lipinski definition) is 1. The van der Waals surface area contributed by atoms with Crippen LogP contribution in [0.1, 0.15) is 34.0 Å². The molecule has 0 aliphatic rings. The van der Waals surface area contributed by atoms with E-state index in [1.54, 1.807) is 6.07 Å². The first-order chi connectivity index (χ1) is 12.5. The van der Waals surface area contributed by atoms with Gasteiger partial charge in [0.25, 0.3) is 0 Å². The van der Waals surface area contributed by atoms with E-state index in [-0.39, 0.29) is 18.2 Å². The molecule has 0 bridgehead atoms. The quantitative estimate of drug-likeness (QED) is 0.646. The molecule has 0 spiro atoms. The SMILES string of the molecule is CCc1ccc(-c2nnn(CC(=O)c3ccc(CNC(C)=O)s3)n2)cc1. The second kappa shape index (κ2) is 8.01. The van der Waals surface area contributed by atoms with Gasteiger partial charge < -0.3 is 5.32 Å². The molecule has 0 atom stereocenters. The summed E-state index contributed by atoms with van der Waals surface area (Å²) in [5.41, 5.74) is 2.11. The maximum atomic E-state index is 12.4. The summed E-state index contributed by atoms with van der Waals surface area (Å²) in [6.45, 7) is 4.01. The van der Waals surface area contributed by atoms with E-state index in [4.69, 9.17) is 0 Å². The molecule has 3 aromatic rings. The second-order valence-corrected chi connectivity index (χ2v) is 6.96. The molecule has 0 aliphatic heterocycles. The average Bonchev–Trinajstić information content (AvgIpc) is 3.29. The largest absolute Gasteiger partial charge is 0.351 e. The fourth-order valence-corrected chi connectivity index (χ4v) is 3.23.